The average molecular weight is 305 g/mol. The van der Waals surface area contributed by atoms with Gasteiger partial charge in [-0.05, 0) is 42.8 Å². The van der Waals surface area contributed by atoms with Crippen molar-refractivity contribution >= 4 is 11.6 Å². The molecule has 112 valence electrons. The molecular weight excluding hydrogens is 284 g/mol. The van der Waals surface area contributed by atoms with Gasteiger partial charge in [0.2, 0.25) is 5.88 Å². The molecule has 1 heterocycles. The molecule has 0 saturated heterocycles. The van der Waals surface area contributed by atoms with E-state index in [0.29, 0.717) is 16.7 Å². The highest BCUT2D eigenvalue weighted by molar-refractivity contribution is 6.30. The highest BCUT2D eigenvalue weighted by atomic mass is 35.5. The molecule has 4 heteroatoms. The standard InChI is InChI=1S/C17H21ClN2O/c1-3-6-15-9-13(12-19-4-2)10-17(20-15)21-16-8-5-7-14(18)11-16/h5,7-11,19H,3-4,6,12H2,1-2H3. The fourth-order valence-electron chi connectivity index (χ4n) is 2.08. The number of nitrogens with zero attached hydrogens (tertiary/aromatic N) is 1. The van der Waals surface area contributed by atoms with Gasteiger partial charge in [0.15, 0.2) is 0 Å². The molecule has 21 heavy (non-hydrogen) atoms. The highest BCUT2D eigenvalue weighted by Crippen LogP contribution is 2.24. The molecule has 1 N–H and O–H groups in total. The van der Waals surface area contributed by atoms with Crippen molar-refractivity contribution in [1.29, 1.82) is 0 Å². The number of hydrogen-bond donors (Lipinski definition) is 1. The summed E-state index contributed by atoms with van der Waals surface area (Å²) in [6, 6.07) is 11.5. The summed E-state index contributed by atoms with van der Waals surface area (Å²) >= 11 is 5.98. The summed E-state index contributed by atoms with van der Waals surface area (Å²) < 4.78 is 5.84. The van der Waals surface area contributed by atoms with Gasteiger partial charge in [0.05, 0.1) is 0 Å². The first-order chi connectivity index (χ1) is 10.2. The van der Waals surface area contributed by atoms with E-state index in [-0.39, 0.29) is 0 Å². The van der Waals surface area contributed by atoms with Gasteiger partial charge in [0.25, 0.3) is 0 Å². The maximum absolute atomic E-state index is 5.98. The maximum atomic E-state index is 5.98. The Morgan fingerprint density at radius 3 is 2.76 bits per heavy atom. The van der Waals surface area contributed by atoms with Crippen molar-refractivity contribution in [2.75, 3.05) is 6.54 Å². The van der Waals surface area contributed by atoms with Crippen molar-refractivity contribution in [2.45, 2.75) is 33.2 Å². The molecule has 0 atom stereocenters. The quantitative estimate of drug-likeness (QED) is 0.812. The number of pyridine rings is 1. The van der Waals surface area contributed by atoms with Crippen LogP contribution < -0.4 is 10.1 Å². The van der Waals surface area contributed by atoms with Crippen molar-refractivity contribution in [1.82, 2.24) is 10.3 Å². The molecule has 0 fully saturated rings. The number of aryl methyl sites for hydroxylation is 1. The zero-order valence-electron chi connectivity index (χ0n) is 12.5. The Morgan fingerprint density at radius 2 is 2.05 bits per heavy atom. The Hall–Kier alpha value is -1.58. The number of benzene rings is 1. The summed E-state index contributed by atoms with van der Waals surface area (Å²) in [6.07, 6.45) is 2.01. The van der Waals surface area contributed by atoms with Crippen LogP contribution in [0.4, 0.5) is 0 Å². The van der Waals surface area contributed by atoms with Gasteiger partial charge in [0.1, 0.15) is 5.75 Å². The van der Waals surface area contributed by atoms with Gasteiger partial charge in [-0.3, -0.25) is 0 Å². The first-order valence-electron chi connectivity index (χ1n) is 7.35. The Balaban J connectivity index is 2.22. The van der Waals surface area contributed by atoms with Crippen LogP contribution in [0.2, 0.25) is 5.02 Å². The van der Waals surface area contributed by atoms with Gasteiger partial charge in [0, 0.05) is 23.3 Å². The number of hydrogen-bond acceptors (Lipinski definition) is 3. The molecule has 0 aliphatic rings. The number of rotatable bonds is 7. The van der Waals surface area contributed by atoms with E-state index >= 15 is 0 Å². The molecule has 0 bridgehead atoms. The lowest BCUT2D eigenvalue weighted by molar-refractivity contribution is 0.459. The largest absolute Gasteiger partial charge is 0.439 e. The summed E-state index contributed by atoms with van der Waals surface area (Å²) in [5, 5.41) is 3.99. The van der Waals surface area contributed by atoms with Crippen molar-refractivity contribution in [3.05, 3.63) is 52.7 Å². The number of aromatic nitrogens is 1. The second-order valence-electron chi connectivity index (χ2n) is 4.89. The van der Waals surface area contributed by atoms with E-state index in [9.17, 15) is 0 Å². The van der Waals surface area contributed by atoms with Gasteiger partial charge in [-0.2, -0.15) is 0 Å². The summed E-state index contributed by atoms with van der Waals surface area (Å²) in [5.74, 6) is 1.33. The van der Waals surface area contributed by atoms with Crippen molar-refractivity contribution in [3.8, 4) is 11.6 Å². The lowest BCUT2D eigenvalue weighted by Crippen LogP contribution is -2.12. The molecule has 0 unspecified atom stereocenters. The monoisotopic (exact) mass is 304 g/mol. The van der Waals surface area contributed by atoms with Gasteiger partial charge < -0.3 is 10.1 Å². The highest BCUT2D eigenvalue weighted by Gasteiger charge is 2.05. The topological polar surface area (TPSA) is 34.1 Å². The minimum Gasteiger partial charge on any atom is -0.439 e. The van der Waals surface area contributed by atoms with Crippen molar-refractivity contribution < 1.29 is 4.74 Å². The summed E-state index contributed by atoms with van der Waals surface area (Å²) in [4.78, 5) is 4.56. The molecule has 0 radical (unpaired) electrons. The van der Waals surface area contributed by atoms with E-state index < -0.39 is 0 Å². The Morgan fingerprint density at radius 1 is 1.19 bits per heavy atom. The fraction of sp³-hybridized carbons (Fsp3) is 0.353. The zero-order chi connectivity index (χ0) is 15.1. The number of halogens is 1. The molecule has 0 amide bonds. The zero-order valence-corrected chi connectivity index (χ0v) is 13.3. The van der Waals surface area contributed by atoms with Gasteiger partial charge in [-0.25, -0.2) is 4.98 Å². The first-order valence-corrected chi connectivity index (χ1v) is 7.73. The van der Waals surface area contributed by atoms with E-state index in [1.165, 1.54) is 5.56 Å². The van der Waals surface area contributed by atoms with E-state index in [2.05, 4.69) is 30.2 Å². The maximum Gasteiger partial charge on any atom is 0.219 e. The molecular formula is C17H21ClN2O. The molecule has 1 aromatic heterocycles. The van der Waals surface area contributed by atoms with Crippen LogP contribution in [0.5, 0.6) is 11.6 Å². The molecule has 0 saturated carbocycles. The lowest BCUT2D eigenvalue weighted by atomic mass is 10.1. The molecule has 3 nitrogen and oxygen atoms in total. The van der Waals surface area contributed by atoms with Gasteiger partial charge in [-0.15, -0.1) is 0 Å². The summed E-state index contributed by atoms with van der Waals surface area (Å²) in [6.45, 7) is 6.01. The Labute approximate surface area is 131 Å². The van der Waals surface area contributed by atoms with Crippen molar-refractivity contribution in [3.63, 3.8) is 0 Å². The van der Waals surface area contributed by atoms with Crippen LogP contribution in [0.1, 0.15) is 31.5 Å². The lowest BCUT2D eigenvalue weighted by Gasteiger charge is -2.10. The van der Waals surface area contributed by atoms with Crippen LogP contribution in [0.15, 0.2) is 36.4 Å². The number of ether oxygens (including phenoxy) is 1. The third kappa shape index (κ3) is 5.03. The summed E-state index contributed by atoms with van der Waals surface area (Å²) in [7, 11) is 0. The molecule has 2 aromatic rings. The minimum absolute atomic E-state index is 0.621. The average Bonchev–Trinajstić information content (AvgIpc) is 2.45. The van der Waals surface area contributed by atoms with Crippen LogP contribution in [0, 0.1) is 0 Å². The normalized spacial score (nSPS) is 10.6. The number of nitrogens with one attached hydrogen (secondary N) is 1. The van der Waals surface area contributed by atoms with E-state index in [1.807, 2.05) is 24.3 Å². The van der Waals surface area contributed by atoms with Crippen LogP contribution in [0.3, 0.4) is 0 Å². The smallest absolute Gasteiger partial charge is 0.219 e. The Bertz CT molecular complexity index is 587. The van der Waals surface area contributed by atoms with Gasteiger partial charge in [-0.1, -0.05) is 37.9 Å². The van der Waals surface area contributed by atoms with Crippen LogP contribution in [0.25, 0.3) is 0 Å². The molecule has 1 aromatic carbocycles. The fourth-order valence-corrected chi connectivity index (χ4v) is 2.26. The molecule has 0 aliphatic carbocycles. The molecule has 0 spiro atoms. The second kappa shape index (κ2) is 8.01. The van der Waals surface area contributed by atoms with E-state index in [0.717, 1.165) is 31.6 Å². The third-order valence-corrected chi connectivity index (χ3v) is 3.25. The predicted octanol–water partition coefficient (Wildman–Crippen LogP) is 4.59. The van der Waals surface area contributed by atoms with E-state index in [4.69, 9.17) is 16.3 Å². The summed E-state index contributed by atoms with van der Waals surface area (Å²) in [5.41, 5.74) is 2.25. The van der Waals surface area contributed by atoms with Gasteiger partial charge >= 0.3 is 0 Å². The molecule has 0 aliphatic heterocycles. The van der Waals surface area contributed by atoms with Crippen LogP contribution >= 0.6 is 11.6 Å². The van der Waals surface area contributed by atoms with E-state index in [1.54, 1.807) is 6.07 Å². The predicted molar refractivity (Wildman–Crippen MR) is 87.1 cm³/mol. The van der Waals surface area contributed by atoms with Crippen LogP contribution in [-0.4, -0.2) is 11.5 Å². The van der Waals surface area contributed by atoms with Crippen molar-refractivity contribution in [2.24, 2.45) is 0 Å². The van der Waals surface area contributed by atoms with Crippen LogP contribution in [-0.2, 0) is 13.0 Å². The third-order valence-electron chi connectivity index (χ3n) is 3.02. The Kier molecular flexibility index (Phi) is 6.03. The molecule has 2 rings (SSSR count). The SMILES string of the molecule is CCCc1cc(CNCC)cc(Oc2cccc(Cl)c2)n1. The second-order valence-corrected chi connectivity index (χ2v) is 5.33. The first kappa shape index (κ1) is 15.8. The minimum atomic E-state index is 0.621.